The number of aromatic nitrogens is 1. The lowest BCUT2D eigenvalue weighted by Gasteiger charge is -2.21. The summed E-state index contributed by atoms with van der Waals surface area (Å²) < 4.78 is 0. The average Bonchev–Trinajstić information content (AvgIpc) is 2.68. The van der Waals surface area contributed by atoms with Crippen molar-refractivity contribution >= 4 is 17.5 Å². The first-order chi connectivity index (χ1) is 12.2. The first kappa shape index (κ1) is 17.1. The van der Waals surface area contributed by atoms with Gasteiger partial charge in [0, 0.05) is 30.5 Å². The lowest BCUT2D eigenvalue weighted by Crippen LogP contribution is -2.31. The van der Waals surface area contributed by atoms with E-state index in [-0.39, 0.29) is 17.7 Å². The highest BCUT2D eigenvalue weighted by atomic mass is 16.2. The zero-order chi connectivity index (χ0) is 17.5. The maximum Gasteiger partial charge on any atom is 0.257 e. The van der Waals surface area contributed by atoms with Crippen molar-refractivity contribution in [3.8, 4) is 0 Å². The van der Waals surface area contributed by atoms with Gasteiger partial charge < -0.3 is 10.6 Å². The summed E-state index contributed by atoms with van der Waals surface area (Å²) in [6, 6.07) is 11.0. The summed E-state index contributed by atoms with van der Waals surface area (Å²) in [4.78, 5) is 28.6. The topological polar surface area (TPSA) is 71.1 Å². The molecule has 2 N–H and O–H groups in total. The molecule has 3 rings (SSSR count). The van der Waals surface area contributed by atoms with Gasteiger partial charge in [0.15, 0.2) is 0 Å². The number of amides is 2. The number of pyridine rings is 1. The van der Waals surface area contributed by atoms with Gasteiger partial charge >= 0.3 is 0 Å². The van der Waals surface area contributed by atoms with E-state index in [1.807, 2.05) is 24.3 Å². The zero-order valence-electron chi connectivity index (χ0n) is 14.2. The lowest BCUT2D eigenvalue weighted by molar-refractivity contribution is -0.126. The van der Waals surface area contributed by atoms with Crippen molar-refractivity contribution in [3.63, 3.8) is 0 Å². The van der Waals surface area contributed by atoms with Gasteiger partial charge in [0.1, 0.15) is 0 Å². The van der Waals surface area contributed by atoms with Crippen molar-refractivity contribution < 1.29 is 9.59 Å². The summed E-state index contributed by atoms with van der Waals surface area (Å²) in [6.45, 7) is 0.416. The van der Waals surface area contributed by atoms with E-state index in [9.17, 15) is 9.59 Å². The third-order valence-corrected chi connectivity index (χ3v) is 4.62. The molecule has 0 radical (unpaired) electrons. The molecular formula is C20H23N3O2. The Morgan fingerprint density at radius 1 is 1.04 bits per heavy atom. The summed E-state index contributed by atoms with van der Waals surface area (Å²) >= 11 is 0. The molecule has 1 saturated carbocycles. The van der Waals surface area contributed by atoms with Crippen molar-refractivity contribution in [2.75, 3.05) is 5.32 Å². The minimum atomic E-state index is -0.209. The van der Waals surface area contributed by atoms with E-state index in [0.717, 1.165) is 31.2 Å². The highest BCUT2D eigenvalue weighted by molar-refractivity contribution is 6.04. The Hall–Kier alpha value is -2.69. The van der Waals surface area contributed by atoms with Gasteiger partial charge in [-0.1, -0.05) is 37.5 Å². The second-order valence-corrected chi connectivity index (χ2v) is 6.41. The Bertz CT molecular complexity index is 725. The van der Waals surface area contributed by atoms with E-state index >= 15 is 0 Å². The molecule has 1 aliphatic rings. The van der Waals surface area contributed by atoms with E-state index in [1.54, 1.807) is 18.3 Å². The first-order valence-electron chi connectivity index (χ1n) is 8.81. The Morgan fingerprint density at radius 3 is 2.60 bits per heavy atom. The fourth-order valence-corrected chi connectivity index (χ4v) is 3.18. The Kier molecular flexibility index (Phi) is 5.77. The smallest absolute Gasteiger partial charge is 0.257 e. The minimum absolute atomic E-state index is 0.119. The van der Waals surface area contributed by atoms with Crippen LogP contribution in [0.4, 0.5) is 5.69 Å². The molecule has 2 aromatic rings. The quantitative estimate of drug-likeness (QED) is 0.877. The number of hydrogen-bond donors (Lipinski definition) is 2. The van der Waals surface area contributed by atoms with Gasteiger partial charge in [0.25, 0.3) is 5.91 Å². The number of carbonyl (C=O) groups excluding carboxylic acids is 2. The summed E-state index contributed by atoms with van der Waals surface area (Å²) in [5.74, 6) is 0.0399. The molecule has 130 valence electrons. The van der Waals surface area contributed by atoms with Crippen LogP contribution in [0.3, 0.4) is 0 Å². The molecule has 5 heteroatoms. The van der Waals surface area contributed by atoms with Gasteiger partial charge in [-0.15, -0.1) is 0 Å². The second-order valence-electron chi connectivity index (χ2n) is 6.41. The van der Waals surface area contributed by atoms with Gasteiger partial charge in [-0.25, -0.2) is 0 Å². The predicted molar refractivity (Wildman–Crippen MR) is 97.1 cm³/mol. The van der Waals surface area contributed by atoms with Crippen molar-refractivity contribution in [2.45, 2.75) is 38.6 Å². The maximum absolute atomic E-state index is 12.3. The molecule has 1 aromatic carbocycles. The van der Waals surface area contributed by atoms with Crippen LogP contribution in [0.5, 0.6) is 0 Å². The monoisotopic (exact) mass is 337 g/mol. The largest absolute Gasteiger partial charge is 0.352 e. The Labute approximate surface area is 147 Å². The third kappa shape index (κ3) is 4.66. The summed E-state index contributed by atoms with van der Waals surface area (Å²) in [5, 5.41) is 5.92. The molecule has 5 nitrogen and oxygen atoms in total. The van der Waals surface area contributed by atoms with Crippen LogP contribution >= 0.6 is 0 Å². The molecule has 0 atom stereocenters. The number of para-hydroxylation sites is 1. The van der Waals surface area contributed by atoms with Crippen LogP contribution in [0.25, 0.3) is 0 Å². The lowest BCUT2D eigenvalue weighted by atomic mass is 9.88. The van der Waals surface area contributed by atoms with Crippen LogP contribution in [-0.2, 0) is 11.3 Å². The van der Waals surface area contributed by atoms with Gasteiger partial charge in [-0.05, 0) is 36.6 Å². The number of benzene rings is 1. The van der Waals surface area contributed by atoms with Gasteiger partial charge in [0.2, 0.25) is 5.91 Å². The van der Waals surface area contributed by atoms with E-state index in [2.05, 4.69) is 15.6 Å². The fourth-order valence-electron chi connectivity index (χ4n) is 3.18. The Balaban J connectivity index is 1.62. The molecule has 0 saturated heterocycles. The molecule has 1 aromatic heterocycles. The Morgan fingerprint density at radius 2 is 1.84 bits per heavy atom. The second kappa shape index (κ2) is 8.42. The van der Waals surface area contributed by atoms with Crippen LogP contribution in [-0.4, -0.2) is 16.8 Å². The number of rotatable bonds is 5. The molecule has 0 spiro atoms. The number of nitrogens with one attached hydrogen (secondary N) is 2. The molecule has 1 heterocycles. The minimum Gasteiger partial charge on any atom is -0.352 e. The van der Waals surface area contributed by atoms with Gasteiger partial charge in [-0.2, -0.15) is 0 Å². The zero-order valence-corrected chi connectivity index (χ0v) is 14.2. The molecule has 0 bridgehead atoms. The first-order valence-corrected chi connectivity index (χ1v) is 8.81. The number of carbonyl (C=O) groups is 2. The van der Waals surface area contributed by atoms with Crippen molar-refractivity contribution in [3.05, 3.63) is 59.9 Å². The molecule has 0 unspecified atom stereocenters. The highest BCUT2D eigenvalue weighted by Crippen LogP contribution is 2.24. The number of anilines is 1. The van der Waals surface area contributed by atoms with Crippen LogP contribution in [0.1, 0.15) is 48.0 Å². The van der Waals surface area contributed by atoms with E-state index in [0.29, 0.717) is 17.8 Å². The number of nitrogens with zero attached hydrogens (tertiary/aromatic N) is 1. The van der Waals surface area contributed by atoms with Crippen molar-refractivity contribution in [1.29, 1.82) is 0 Å². The van der Waals surface area contributed by atoms with Crippen molar-refractivity contribution in [1.82, 2.24) is 10.3 Å². The summed E-state index contributed by atoms with van der Waals surface area (Å²) in [7, 11) is 0. The molecule has 2 amide bonds. The summed E-state index contributed by atoms with van der Waals surface area (Å²) in [6.07, 6.45) is 8.61. The predicted octanol–water partition coefficient (Wildman–Crippen LogP) is 3.53. The SMILES string of the molecule is O=C(Nc1ccccc1CNC(=O)C1CCCCC1)c1cccnc1. The van der Waals surface area contributed by atoms with Gasteiger partial charge in [0.05, 0.1) is 5.56 Å². The van der Waals surface area contributed by atoms with Crippen LogP contribution in [0, 0.1) is 5.92 Å². The van der Waals surface area contributed by atoms with Crippen LogP contribution in [0.2, 0.25) is 0 Å². The highest BCUT2D eigenvalue weighted by Gasteiger charge is 2.21. The van der Waals surface area contributed by atoms with E-state index in [4.69, 9.17) is 0 Å². The molecule has 1 aliphatic carbocycles. The molecule has 25 heavy (non-hydrogen) atoms. The summed E-state index contributed by atoms with van der Waals surface area (Å²) in [5.41, 5.74) is 2.10. The normalized spacial score (nSPS) is 14.7. The van der Waals surface area contributed by atoms with Crippen molar-refractivity contribution in [2.24, 2.45) is 5.92 Å². The fraction of sp³-hybridized carbons (Fsp3) is 0.350. The third-order valence-electron chi connectivity index (χ3n) is 4.62. The van der Waals surface area contributed by atoms with E-state index in [1.165, 1.54) is 12.6 Å². The van der Waals surface area contributed by atoms with Gasteiger partial charge in [-0.3, -0.25) is 14.6 Å². The average molecular weight is 337 g/mol. The van der Waals surface area contributed by atoms with Crippen LogP contribution in [0.15, 0.2) is 48.8 Å². The maximum atomic E-state index is 12.3. The molecule has 1 fully saturated rings. The molecule has 0 aliphatic heterocycles. The standard InChI is InChI=1S/C20H23N3O2/c24-19(15-7-2-1-3-8-15)22-14-16-9-4-5-11-18(16)23-20(25)17-10-6-12-21-13-17/h4-6,9-13,15H,1-3,7-8,14H2,(H,22,24)(H,23,25). The van der Waals surface area contributed by atoms with E-state index < -0.39 is 0 Å². The molecular weight excluding hydrogens is 314 g/mol. The number of hydrogen-bond acceptors (Lipinski definition) is 3. The van der Waals surface area contributed by atoms with Crippen LogP contribution < -0.4 is 10.6 Å².